The fraction of sp³-hybridized carbons (Fsp3) is 0.429. The third-order valence-electron chi connectivity index (χ3n) is 4.17. The van der Waals surface area contributed by atoms with Crippen LogP contribution in [0.1, 0.15) is 48.0 Å². The van der Waals surface area contributed by atoms with E-state index < -0.39 is 0 Å². The van der Waals surface area contributed by atoms with E-state index in [0.717, 1.165) is 16.6 Å². The van der Waals surface area contributed by atoms with E-state index in [1.807, 2.05) is 18.2 Å². The lowest BCUT2D eigenvalue weighted by Gasteiger charge is -2.13. The van der Waals surface area contributed by atoms with Gasteiger partial charge in [-0.3, -0.25) is 0 Å². The van der Waals surface area contributed by atoms with Crippen LogP contribution in [0, 0.1) is 0 Å². The zero-order valence-electron chi connectivity index (χ0n) is 9.56. The number of nitrogens with zero attached hydrogens (tertiary/aromatic N) is 2. The Labute approximate surface area is 99.5 Å². The molecule has 1 aromatic carbocycles. The summed E-state index contributed by atoms with van der Waals surface area (Å²) in [6.45, 7) is 0.0702. The van der Waals surface area contributed by atoms with E-state index in [1.54, 1.807) is 0 Å². The number of fused-ring (bicyclic) bond motifs is 6. The number of aliphatic hydroxyl groups is 1. The van der Waals surface area contributed by atoms with E-state index in [1.165, 1.54) is 30.7 Å². The molecule has 4 rings (SSSR count). The first-order valence-corrected chi connectivity index (χ1v) is 6.26. The van der Waals surface area contributed by atoms with Gasteiger partial charge in [0.25, 0.3) is 0 Å². The van der Waals surface area contributed by atoms with Gasteiger partial charge in [-0.1, -0.05) is 6.07 Å². The van der Waals surface area contributed by atoms with Crippen molar-refractivity contribution in [2.75, 3.05) is 0 Å². The van der Waals surface area contributed by atoms with Gasteiger partial charge in [0.05, 0.1) is 29.0 Å². The molecular weight excluding hydrogens is 212 g/mol. The van der Waals surface area contributed by atoms with E-state index in [4.69, 9.17) is 15.1 Å². The summed E-state index contributed by atoms with van der Waals surface area (Å²) in [6, 6.07) is 5.85. The van der Waals surface area contributed by atoms with Crippen LogP contribution in [0.25, 0.3) is 11.0 Å². The minimum Gasteiger partial charge on any atom is -0.392 e. The predicted octanol–water partition coefficient (Wildman–Crippen LogP) is 2.49. The molecule has 3 nitrogen and oxygen atoms in total. The molecule has 1 fully saturated rings. The first-order valence-electron chi connectivity index (χ1n) is 6.26. The van der Waals surface area contributed by atoms with Crippen LogP contribution < -0.4 is 0 Å². The van der Waals surface area contributed by atoms with E-state index in [-0.39, 0.29) is 6.61 Å². The maximum absolute atomic E-state index is 9.15. The van der Waals surface area contributed by atoms with Gasteiger partial charge in [-0.2, -0.15) is 0 Å². The van der Waals surface area contributed by atoms with E-state index >= 15 is 0 Å². The van der Waals surface area contributed by atoms with Crippen molar-refractivity contribution in [1.29, 1.82) is 0 Å². The Balaban J connectivity index is 1.97. The summed E-state index contributed by atoms with van der Waals surface area (Å²) >= 11 is 0. The molecular formula is C14H14N2O. The Hall–Kier alpha value is -1.48. The topological polar surface area (TPSA) is 46.0 Å². The van der Waals surface area contributed by atoms with Gasteiger partial charge < -0.3 is 5.11 Å². The summed E-state index contributed by atoms with van der Waals surface area (Å²) in [6.07, 6.45) is 3.81. The second kappa shape index (κ2) is 3.26. The van der Waals surface area contributed by atoms with Crippen LogP contribution in [0.5, 0.6) is 0 Å². The highest BCUT2D eigenvalue weighted by molar-refractivity contribution is 5.75. The Bertz CT molecular complexity index is 608. The van der Waals surface area contributed by atoms with Crippen LogP contribution >= 0.6 is 0 Å². The normalized spacial score (nSPS) is 25.5. The van der Waals surface area contributed by atoms with E-state index in [9.17, 15) is 0 Å². The number of rotatable bonds is 1. The van der Waals surface area contributed by atoms with Crippen molar-refractivity contribution in [2.45, 2.75) is 37.7 Å². The largest absolute Gasteiger partial charge is 0.392 e. The molecule has 86 valence electrons. The molecule has 2 atom stereocenters. The third-order valence-corrected chi connectivity index (χ3v) is 4.17. The van der Waals surface area contributed by atoms with Crippen molar-refractivity contribution >= 4 is 11.0 Å². The van der Waals surface area contributed by atoms with E-state index in [2.05, 4.69) is 0 Å². The van der Waals surface area contributed by atoms with E-state index in [0.29, 0.717) is 11.8 Å². The van der Waals surface area contributed by atoms with Crippen molar-refractivity contribution in [2.24, 2.45) is 0 Å². The maximum Gasteiger partial charge on any atom is 0.0894 e. The van der Waals surface area contributed by atoms with Crippen LogP contribution in [-0.4, -0.2) is 15.1 Å². The molecule has 2 aliphatic carbocycles. The molecule has 0 aliphatic heterocycles. The van der Waals surface area contributed by atoms with Gasteiger partial charge in [0, 0.05) is 11.8 Å². The number of aliphatic hydroxyl groups excluding tert-OH is 1. The third kappa shape index (κ3) is 1.26. The Kier molecular flexibility index (Phi) is 1.83. The fourth-order valence-corrected chi connectivity index (χ4v) is 3.30. The summed E-state index contributed by atoms with van der Waals surface area (Å²) in [5.74, 6) is 1.30. The molecule has 0 radical (unpaired) electrons. The van der Waals surface area contributed by atoms with Gasteiger partial charge in [-0.15, -0.1) is 0 Å². The molecule has 17 heavy (non-hydrogen) atoms. The standard InChI is InChI=1S/C14H14N2O/c17-7-8-1-4-11-12(5-8)16-14-10-3-2-9(6-10)13(14)15-11/h1,4-5,9-10,17H,2-3,6-7H2/t9-,10-/m0/s1. The highest BCUT2D eigenvalue weighted by Gasteiger charge is 2.39. The maximum atomic E-state index is 9.15. The number of benzene rings is 1. The Morgan fingerprint density at radius 3 is 2.47 bits per heavy atom. The summed E-state index contributed by atoms with van der Waals surface area (Å²) < 4.78 is 0. The molecule has 1 heterocycles. The smallest absolute Gasteiger partial charge is 0.0894 e. The zero-order chi connectivity index (χ0) is 11.4. The summed E-state index contributed by atoms with van der Waals surface area (Å²) in [4.78, 5) is 9.54. The SMILES string of the molecule is OCc1ccc2nc3c(nc2c1)[C@H]1CC[C@H]3C1. The van der Waals surface area contributed by atoms with Gasteiger partial charge in [0.15, 0.2) is 0 Å². The molecule has 1 aromatic heterocycles. The predicted molar refractivity (Wildman–Crippen MR) is 64.8 cm³/mol. The van der Waals surface area contributed by atoms with Crippen molar-refractivity contribution in [3.8, 4) is 0 Å². The second-order valence-electron chi connectivity index (χ2n) is 5.18. The lowest BCUT2D eigenvalue weighted by Crippen LogP contribution is -2.04. The fourth-order valence-electron chi connectivity index (χ4n) is 3.30. The molecule has 0 spiro atoms. The molecule has 3 heteroatoms. The van der Waals surface area contributed by atoms with Crippen LogP contribution in [0.15, 0.2) is 18.2 Å². The van der Waals surface area contributed by atoms with Gasteiger partial charge in [0.1, 0.15) is 0 Å². The van der Waals surface area contributed by atoms with Crippen LogP contribution in [0.4, 0.5) is 0 Å². The number of hydrogen-bond acceptors (Lipinski definition) is 3. The Morgan fingerprint density at radius 1 is 1.06 bits per heavy atom. The number of hydrogen-bond donors (Lipinski definition) is 1. The zero-order valence-corrected chi connectivity index (χ0v) is 9.56. The second-order valence-corrected chi connectivity index (χ2v) is 5.18. The first-order chi connectivity index (χ1) is 8.35. The minimum atomic E-state index is 0.0702. The Morgan fingerprint density at radius 2 is 1.76 bits per heavy atom. The van der Waals surface area contributed by atoms with Gasteiger partial charge in [0.2, 0.25) is 0 Å². The lowest BCUT2D eigenvalue weighted by atomic mass is 10.00. The molecule has 2 aliphatic rings. The molecule has 0 unspecified atom stereocenters. The summed E-state index contributed by atoms with van der Waals surface area (Å²) in [5, 5.41) is 9.15. The summed E-state index contributed by atoms with van der Waals surface area (Å²) in [5.41, 5.74) is 5.28. The minimum absolute atomic E-state index is 0.0702. The van der Waals surface area contributed by atoms with Crippen LogP contribution in [0.3, 0.4) is 0 Å². The van der Waals surface area contributed by atoms with Gasteiger partial charge in [-0.05, 0) is 37.0 Å². The van der Waals surface area contributed by atoms with Crippen molar-refractivity contribution in [1.82, 2.24) is 9.97 Å². The molecule has 1 N–H and O–H groups in total. The quantitative estimate of drug-likeness (QED) is 0.812. The van der Waals surface area contributed by atoms with Crippen LogP contribution in [0.2, 0.25) is 0 Å². The highest BCUT2D eigenvalue weighted by Crippen LogP contribution is 2.51. The van der Waals surface area contributed by atoms with Gasteiger partial charge >= 0.3 is 0 Å². The van der Waals surface area contributed by atoms with Crippen LogP contribution in [-0.2, 0) is 6.61 Å². The monoisotopic (exact) mass is 226 g/mol. The highest BCUT2D eigenvalue weighted by atomic mass is 16.3. The van der Waals surface area contributed by atoms with Crippen molar-refractivity contribution < 1.29 is 5.11 Å². The average molecular weight is 226 g/mol. The molecule has 2 aromatic rings. The molecule has 0 saturated heterocycles. The molecule has 1 saturated carbocycles. The lowest BCUT2D eigenvalue weighted by molar-refractivity contribution is 0.282. The summed E-state index contributed by atoms with van der Waals surface area (Å²) in [7, 11) is 0. The molecule has 2 bridgehead atoms. The van der Waals surface area contributed by atoms with Crippen molar-refractivity contribution in [3.63, 3.8) is 0 Å². The first kappa shape index (κ1) is 9.54. The van der Waals surface area contributed by atoms with Gasteiger partial charge in [-0.25, -0.2) is 9.97 Å². The number of aromatic nitrogens is 2. The molecule has 0 amide bonds. The average Bonchev–Trinajstić information content (AvgIpc) is 2.97. The van der Waals surface area contributed by atoms with Crippen molar-refractivity contribution in [3.05, 3.63) is 35.2 Å².